The summed E-state index contributed by atoms with van der Waals surface area (Å²) < 4.78 is 12.9. The van der Waals surface area contributed by atoms with Crippen molar-refractivity contribution >= 4 is 17.5 Å². The Hall–Kier alpha value is -0.830. The van der Waals surface area contributed by atoms with E-state index in [9.17, 15) is 9.18 Å². The molecule has 0 N–H and O–H groups in total. The van der Waals surface area contributed by atoms with Crippen molar-refractivity contribution in [3.8, 4) is 0 Å². The molecule has 0 saturated heterocycles. The van der Waals surface area contributed by atoms with Crippen molar-refractivity contribution in [3.63, 3.8) is 0 Å². The third-order valence-electron chi connectivity index (χ3n) is 2.55. The molecule has 0 spiro atoms. The monoisotopic (exact) mass is 254 g/mol. The van der Waals surface area contributed by atoms with Gasteiger partial charge in [0.05, 0.1) is 5.75 Å². The number of thioether (sulfide) groups is 1. The molecule has 1 rings (SSSR count). The van der Waals surface area contributed by atoms with Crippen LogP contribution in [0.4, 0.5) is 4.39 Å². The van der Waals surface area contributed by atoms with E-state index < -0.39 is 0 Å². The van der Waals surface area contributed by atoms with Crippen LogP contribution in [0.3, 0.4) is 0 Å². The number of Topliss-reactive ketones (excluding diaryl/α,β-unsaturated/α-hetero) is 1. The second-order valence-corrected chi connectivity index (χ2v) is 5.43. The first-order valence-electron chi connectivity index (χ1n) is 6.02. The Morgan fingerprint density at radius 2 is 2.24 bits per heavy atom. The smallest absolute Gasteiger partial charge is 0.143 e. The summed E-state index contributed by atoms with van der Waals surface area (Å²) in [6.45, 7) is 4.23. The molecule has 94 valence electrons. The Morgan fingerprint density at radius 3 is 2.88 bits per heavy atom. The van der Waals surface area contributed by atoms with Crippen LogP contribution in [0.1, 0.15) is 33.1 Å². The maximum Gasteiger partial charge on any atom is 0.143 e. The van der Waals surface area contributed by atoms with E-state index in [1.807, 2.05) is 6.07 Å². The normalized spacial score (nSPS) is 12.4. The zero-order valence-electron chi connectivity index (χ0n) is 10.4. The highest BCUT2D eigenvalue weighted by molar-refractivity contribution is 8.00. The predicted octanol–water partition coefficient (Wildman–Crippen LogP) is 4.31. The van der Waals surface area contributed by atoms with Gasteiger partial charge in [-0.2, -0.15) is 0 Å². The lowest BCUT2D eigenvalue weighted by atomic mass is 10.0. The summed E-state index contributed by atoms with van der Waals surface area (Å²) in [7, 11) is 0. The van der Waals surface area contributed by atoms with Crippen molar-refractivity contribution in [1.82, 2.24) is 0 Å². The minimum atomic E-state index is -0.248. The van der Waals surface area contributed by atoms with Gasteiger partial charge >= 0.3 is 0 Å². The van der Waals surface area contributed by atoms with Gasteiger partial charge in [-0.1, -0.05) is 32.8 Å². The molecule has 0 saturated carbocycles. The molecule has 0 aromatic heterocycles. The Balaban J connectivity index is 2.33. The molecule has 1 unspecified atom stereocenters. The molecule has 1 atom stereocenters. The number of hydrogen-bond donors (Lipinski definition) is 0. The van der Waals surface area contributed by atoms with Gasteiger partial charge in [0.1, 0.15) is 11.6 Å². The standard InChI is InChI=1S/C14H19FOS/c1-3-5-11(2)8-13(16)10-17-14-7-4-6-12(15)9-14/h4,6-7,9,11H,3,5,8,10H2,1-2H3. The minimum absolute atomic E-state index is 0.248. The van der Waals surface area contributed by atoms with E-state index in [0.29, 0.717) is 18.1 Å². The Morgan fingerprint density at radius 1 is 1.47 bits per heavy atom. The van der Waals surface area contributed by atoms with Crippen LogP contribution in [0, 0.1) is 11.7 Å². The van der Waals surface area contributed by atoms with Crippen LogP contribution in [0.2, 0.25) is 0 Å². The molecule has 1 aromatic carbocycles. The Bertz CT molecular complexity index is 365. The van der Waals surface area contributed by atoms with Crippen LogP contribution in [-0.4, -0.2) is 11.5 Å². The van der Waals surface area contributed by atoms with Crippen LogP contribution in [0.15, 0.2) is 29.2 Å². The zero-order chi connectivity index (χ0) is 12.7. The number of ketones is 1. The molecule has 1 nitrogen and oxygen atoms in total. The summed E-state index contributed by atoms with van der Waals surface area (Å²) >= 11 is 1.41. The Labute approximate surface area is 107 Å². The molecule has 0 radical (unpaired) electrons. The number of carbonyl (C=O) groups is 1. The van der Waals surface area contributed by atoms with E-state index >= 15 is 0 Å². The van der Waals surface area contributed by atoms with E-state index in [1.165, 1.54) is 23.9 Å². The highest BCUT2D eigenvalue weighted by Gasteiger charge is 2.09. The van der Waals surface area contributed by atoms with Gasteiger partial charge in [0.25, 0.3) is 0 Å². The molecule has 3 heteroatoms. The van der Waals surface area contributed by atoms with Crippen molar-refractivity contribution in [1.29, 1.82) is 0 Å². The number of hydrogen-bond acceptors (Lipinski definition) is 2. The fourth-order valence-electron chi connectivity index (χ4n) is 1.76. The third kappa shape index (κ3) is 5.87. The molecular weight excluding hydrogens is 235 g/mol. The topological polar surface area (TPSA) is 17.1 Å². The van der Waals surface area contributed by atoms with E-state index in [2.05, 4.69) is 13.8 Å². The van der Waals surface area contributed by atoms with Crippen LogP contribution in [0.5, 0.6) is 0 Å². The summed E-state index contributed by atoms with van der Waals surface area (Å²) in [4.78, 5) is 12.5. The lowest BCUT2D eigenvalue weighted by Gasteiger charge is -2.08. The first-order chi connectivity index (χ1) is 8.11. The summed E-state index contributed by atoms with van der Waals surface area (Å²) in [5.41, 5.74) is 0. The summed E-state index contributed by atoms with van der Waals surface area (Å²) in [6.07, 6.45) is 2.85. The third-order valence-corrected chi connectivity index (χ3v) is 3.61. The molecule has 1 aromatic rings. The van der Waals surface area contributed by atoms with Crippen molar-refractivity contribution in [3.05, 3.63) is 30.1 Å². The molecule has 17 heavy (non-hydrogen) atoms. The van der Waals surface area contributed by atoms with Crippen molar-refractivity contribution < 1.29 is 9.18 Å². The van der Waals surface area contributed by atoms with Crippen LogP contribution < -0.4 is 0 Å². The molecule has 0 heterocycles. The number of halogens is 1. The molecule has 0 bridgehead atoms. The van der Waals surface area contributed by atoms with E-state index in [1.54, 1.807) is 6.07 Å². The molecule has 0 aliphatic rings. The van der Waals surface area contributed by atoms with Crippen LogP contribution in [-0.2, 0) is 4.79 Å². The van der Waals surface area contributed by atoms with Crippen molar-refractivity contribution in [2.45, 2.75) is 38.0 Å². The summed E-state index contributed by atoms with van der Waals surface area (Å²) in [5, 5.41) is 0. The maximum absolute atomic E-state index is 12.9. The summed E-state index contributed by atoms with van der Waals surface area (Å²) in [5.74, 6) is 0.903. The van der Waals surface area contributed by atoms with Gasteiger partial charge in [0.15, 0.2) is 0 Å². The second kappa shape index (κ2) is 7.49. The maximum atomic E-state index is 12.9. The highest BCUT2D eigenvalue weighted by atomic mass is 32.2. The summed E-state index contributed by atoms with van der Waals surface area (Å²) in [6, 6.07) is 6.38. The van der Waals surface area contributed by atoms with Gasteiger partial charge in [-0.3, -0.25) is 4.79 Å². The van der Waals surface area contributed by atoms with E-state index in [0.717, 1.165) is 17.7 Å². The molecule has 0 aliphatic carbocycles. The van der Waals surface area contributed by atoms with Crippen LogP contribution in [0.25, 0.3) is 0 Å². The zero-order valence-corrected chi connectivity index (χ0v) is 11.2. The van der Waals surface area contributed by atoms with Gasteiger partial charge in [-0.15, -0.1) is 11.8 Å². The molecular formula is C14H19FOS. The molecule has 0 fully saturated rings. The first kappa shape index (κ1) is 14.2. The van der Waals surface area contributed by atoms with E-state index in [4.69, 9.17) is 0 Å². The predicted molar refractivity (Wildman–Crippen MR) is 70.8 cm³/mol. The Kier molecular flexibility index (Phi) is 6.27. The van der Waals surface area contributed by atoms with Gasteiger partial charge in [-0.05, 0) is 24.1 Å². The number of benzene rings is 1. The highest BCUT2D eigenvalue weighted by Crippen LogP contribution is 2.20. The lowest BCUT2D eigenvalue weighted by molar-refractivity contribution is -0.117. The number of carbonyl (C=O) groups excluding carboxylic acids is 1. The minimum Gasteiger partial charge on any atom is -0.299 e. The van der Waals surface area contributed by atoms with E-state index in [-0.39, 0.29) is 11.6 Å². The molecule has 0 aliphatic heterocycles. The van der Waals surface area contributed by atoms with Gasteiger partial charge < -0.3 is 0 Å². The average Bonchev–Trinajstić information content (AvgIpc) is 2.27. The van der Waals surface area contributed by atoms with Crippen molar-refractivity contribution in [2.24, 2.45) is 5.92 Å². The molecule has 0 amide bonds. The van der Waals surface area contributed by atoms with Gasteiger partial charge in [-0.25, -0.2) is 4.39 Å². The lowest BCUT2D eigenvalue weighted by Crippen LogP contribution is -2.07. The SMILES string of the molecule is CCCC(C)CC(=O)CSc1cccc(F)c1. The van der Waals surface area contributed by atoms with Gasteiger partial charge in [0, 0.05) is 11.3 Å². The van der Waals surface area contributed by atoms with Crippen molar-refractivity contribution in [2.75, 3.05) is 5.75 Å². The van der Waals surface area contributed by atoms with Gasteiger partial charge in [0.2, 0.25) is 0 Å². The average molecular weight is 254 g/mol. The number of rotatable bonds is 7. The quantitative estimate of drug-likeness (QED) is 0.674. The fourth-order valence-corrected chi connectivity index (χ4v) is 2.58. The second-order valence-electron chi connectivity index (χ2n) is 4.38. The fraction of sp³-hybridized carbons (Fsp3) is 0.500. The largest absolute Gasteiger partial charge is 0.299 e. The first-order valence-corrected chi connectivity index (χ1v) is 7.00. The van der Waals surface area contributed by atoms with Crippen LogP contribution >= 0.6 is 11.8 Å².